The van der Waals surface area contributed by atoms with Gasteiger partial charge in [-0.25, -0.2) is 4.39 Å². The molecule has 0 aliphatic heterocycles. The minimum Gasteiger partial charge on any atom is -0.399 e. The monoisotopic (exact) mass is 222 g/mol. The molecule has 0 saturated carbocycles. The highest BCUT2D eigenvalue weighted by Crippen LogP contribution is 2.23. The van der Waals surface area contributed by atoms with Gasteiger partial charge in [0.15, 0.2) is 0 Å². The van der Waals surface area contributed by atoms with Crippen molar-refractivity contribution in [1.82, 2.24) is 0 Å². The summed E-state index contributed by atoms with van der Waals surface area (Å²) in [5.74, 6) is -0.654. The minimum absolute atomic E-state index is 0.0963. The van der Waals surface area contributed by atoms with E-state index in [-0.39, 0.29) is 11.4 Å². The lowest BCUT2D eigenvalue weighted by Crippen LogP contribution is -2.30. The molecule has 0 aliphatic rings. The van der Waals surface area contributed by atoms with E-state index in [9.17, 15) is 17.6 Å². The molecule has 0 spiro atoms. The lowest BCUT2D eigenvalue weighted by molar-refractivity contribution is -0.119. The fraction of sp³-hybridized carbons (Fsp3) is 0.333. The van der Waals surface area contributed by atoms with Crippen molar-refractivity contribution >= 4 is 11.4 Å². The number of rotatable bonds is 2. The van der Waals surface area contributed by atoms with Crippen LogP contribution in [0.5, 0.6) is 0 Å². The second-order valence-electron chi connectivity index (χ2n) is 3.21. The molecular weight excluding hydrogens is 212 g/mol. The van der Waals surface area contributed by atoms with Crippen molar-refractivity contribution in [1.29, 1.82) is 0 Å². The van der Waals surface area contributed by atoms with Crippen molar-refractivity contribution in [3.63, 3.8) is 0 Å². The molecule has 1 aromatic rings. The topological polar surface area (TPSA) is 29.3 Å². The maximum Gasteiger partial charge on any atom is 0.405 e. The maximum atomic E-state index is 12.8. The molecule has 0 aliphatic carbocycles. The van der Waals surface area contributed by atoms with Crippen LogP contribution in [0.4, 0.5) is 28.9 Å². The van der Waals surface area contributed by atoms with E-state index in [1.54, 1.807) is 0 Å². The Morgan fingerprint density at radius 2 is 1.87 bits per heavy atom. The number of nitrogens with two attached hydrogens (primary N) is 1. The summed E-state index contributed by atoms with van der Waals surface area (Å²) in [7, 11) is 1.22. The molecule has 1 aromatic carbocycles. The molecule has 84 valence electrons. The standard InChI is InChI=1S/C9H10F4N2/c1-15(5-9(11,12)13)8-3-6(10)2-7(14)4-8/h2-4H,5,14H2,1H3. The molecular formula is C9H10F4N2. The van der Waals surface area contributed by atoms with Gasteiger partial charge in [0, 0.05) is 18.4 Å². The Balaban J connectivity index is 2.86. The van der Waals surface area contributed by atoms with Crippen LogP contribution in [0.25, 0.3) is 0 Å². The van der Waals surface area contributed by atoms with Crippen molar-refractivity contribution in [2.75, 3.05) is 24.2 Å². The second-order valence-corrected chi connectivity index (χ2v) is 3.21. The summed E-state index contributed by atoms with van der Waals surface area (Å²) in [5, 5.41) is 0. The van der Waals surface area contributed by atoms with Gasteiger partial charge in [-0.2, -0.15) is 13.2 Å². The van der Waals surface area contributed by atoms with Gasteiger partial charge in [-0.3, -0.25) is 0 Å². The predicted molar refractivity (Wildman–Crippen MR) is 50.1 cm³/mol. The first-order valence-corrected chi connectivity index (χ1v) is 4.12. The third kappa shape index (κ3) is 3.65. The van der Waals surface area contributed by atoms with E-state index in [1.165, 1.54) is 13.1 Å². The molecule has 0 unspecified atom stereocenters. The summed E-state index contributed by atoms with van der Waals surface area (Å²) in [5.41, 5.74) is 5.51. The van der Waals surface area contributed by atoms with E-state index in [0.29, 0.717) is 0 Å². The molecule has 6 heteroatoms. The average Bonchev–Trinajstić information content (AvgIpc) is 1.98. The van der Waals surface area contributed by atoms with Crippen LogP contribution in [-0.4, -0.2) is 19.8 Å². The molecule has 0 amide bonds. The van der Waals surface area contributed by atoms with E-state index in [4.69, 9.17) is 5.73 Å². The Labute approximate surface area is 84.3 Å². The third-order valence-corrected chi connectivity index (χ3v) is 1.76. The van der Waals surface area contributed by atoms with E-state index >= 15 is 0 Å². The number of nitrogens with zero attached hydrogens (tertiary/aromatic N) is 1. The lowest BCUT2D eigenvalue weighted by atomic mass is 10.2. The zero-order valence-electron chi connectivity index (χ0n) is 7.98. The SMILES string of the molecule is CN(CC(F)(F)F)c1cc(N)cc(F)c1. The summed E-state index contributed by atoms with van der Waals surface area (Å²) in [4.78, 5) is 0.888. The van der Waals surface area contributed by atoms with Gasteiger partial charge in [-0.1, -0.05) is 0 Å². The largest absolute Gasteiger partial charge is 0.405 e. The highest BCUT2D eigenvalue weighted by atomic mass is 19.4. The molecule has 2 N–H and O–H groups in total. The Bertz CT molecular complexity index is 328. The Kier molecular flexibility index (Phi) is 3.06. The number of nitrogen functional groups attached to an aromatic ring is 1. The van der Waals surface area contributed by atoms with Crippen molar-refractivity contribution in [3.8, 4) is 0 Å². The van der Waals surface area contributed by atoms with Gasteiger partial charge in [-0.05, 0) is 18.2 Å². The maximum absolute atomic E-state index is 12.8. The number of alkyl halides is 3. The van der Waals surface area contributed by atoms with Crippen LogP contribution in [-0.2, 0) is 0 Å². The van der Waals surface area contributed by atoms with Gasteiger partial charge in [0.2, 0.25) is 0 Å². The van der Waals surface area contributed by atoms with Crippen molar-refractivity contribution < 1.29 is 17.6 Å². The number of halogens is 4. The Morgan fingerprint density at radius 1 is 1.27 bits per heavy atom. The number of hydrogen-bond acceptors (Lipinski definition) is 2. The normalized spacial score (nSPS) is 11.5. The summed E-state index contributed by atoms with van der Waals surface area (Å²) in [6.45, 7) is -1.14. The molecule has 0 heterocycles. The molecule has 0 radical (unpaired) electrons. The van der Waals surface area contributed by atoms with Gasteiger partial charge < -0.3 is 10.6 Å². The number of benzene rings is 1. The molecule has 15 heavy (non-hydrogen) atoms. The first-order valence-electron chi connectivity index (χ1n) is 4.12. The zero-order valence-corrected chi connectivity index (χ0v) is 7.98. The van der Waals surface area contributed by atoms with Crippen LogP contribution >= 0.6 is 0 Å². The quantitative estimate of drug-likeness (QED) is 0.615. The summed E-state index contributed by atoms with van der Waals surface area (Å²) in [6.07, 6.45) is -4.32. The molecule has 0 bridgehead atoms. The average molecular weight is 222 g/mol. The minimum atomic E-state index is -4.32. The van der Waals surface area contributed by atoms with E-state index < -0.39 is 18.5 Å². The molecule has 1 rings (SSSR count). The van der Waals surface area contributed by atoms with Gasteiger partial charge in [0.05, 0.1) is 0 Å². The van der Waals surface area contributed by atoms with E-state index in [2.05, 4.69) is 0 Å². The van der Waals surface area contributed by atoms with Crippen molar-refractivity contribution in [2.24, 2.45) is 0 Å². The highest BCUT2D eigenvalue weighted by Gasteiger charge is 2.29. The first kappa shape index (κ1) is 11.6. The fourth-order valence-corrected chi connectivity index (χ4v) is 1.18. The van der Waals surface area contributed by atoms with Crippen LogP contribution in [0.2, 0.25) is 0 Å². The van der Waals surface area contributed by atoms with Gasteiger partial charge in [0.1, 0.15) is 12.4 Å². The van der Waals surface area contributed by atoms with Crippen LogP contribution in [0.3, 0.4) is 0 Å². The lowest BCUT2D eigenvalue weighted by Gasteiger charge is -2.21. The number of anilines is 2. The van der Waals surface area contributed by atoms with Crippen LogP contribution in [0, 0.1) is 5.82 Å². The van der Waals surface area contributed by atoms with E-state index in [0.717, 1.165) is 17.0 Å². The second kappa shape index (κ2) is 3.96. The number of hydrogen-bond donors (Lipinski definition) is 1. The predicted octanol–water partition coefficient (Wildman–Crippen LogP) is 2.41. The van der Waals surface area contributed by atoms with Crippen molar-refractivity contribution in [3.05, 3.63) is 24.0 Å². The molecule has 0 fully saturated rings. The molecule has 2 nitrogen and oxygen atoms in total. The van der Waals surface area contributed by atoms with E-state index in [1.807, 2.05) is 0 Å². The zero-order chi connectivity index (χ0) is 11.6. The molecule has 0 aromatic heterocycles. The third-order valence-electron chi connectivity index (χ3n) is 1.76. The van der Waals surface area contributed by atoms with Crippen molar-refractivity contribution in [2.45, 2.75) is 6.18 Å². The Hall–Kier alpha value is -1.46. The summed E-state index contributed by atoms with van der Waals surface area (Å²) < 4.78 is 48.9. The summed E-state index contributed by atoms with van der Waals surface area (Å²) in [6, 6.07) is 3.34. The van der Waals surface area contributed by atoms with Crippen LogP contribution in [0.15, 0.2) is 18.2 Å². The van der Waals surface area contributed by atoms with Gasteiger partial charge >= 0.3 is 6.18 Å². The highest BCUT2D eigenvalue weighted by molar-refractivity contribution is 5.56. The smallest absolute Gasteiger partial charge is 0.399 e. The molecule has 0 saturated heterocycles. The van der Waals surface area contributed by atoms with Crippen LogP contribution < -0.4 is 10.6 Å². The van der Waals surface area contributed by atoms with Gasteiger partial charge in [-0.15, -0.1) is 0 Å². The fourth-order valence-electron chi connectivity index (χ4n) is 1.18. The summed E-state index contributed by atoms with van der Waals surface area (Å²) >= 11 is 0. The molecule has 0 atom stereocenters. The first-order chi connectivity index (χ1) is 6.78. The van der Waals surface area contributed by atoms with Crippen LogP contribution in [0.1, 0.15) is 0 Å². The van der Waals surface area contributed by atoms with Gasteiger partial charge in [0.25, 0.3) is 0 Å². The Morgan fingerprint density at radius 3 is 2.33 bits per heavy atom.